The monoisotopic (exact) mass is 448 g/mol. The fourth-order valence-electron chi connectivity index (χ4n) is 2.50. The molecule has 32 heavy (non-hydrogen) atoms. The van der Waals surface area contributed by atoms with Crippen molar-refractivity contribution in [3.63, 3.8) is 0 Å². The van der Waals surface area contributed by atoms with Crippen LogP contribution in [0.1, 0.15) is 36.7 Å². The number of likely N-dealkylation sites (N-methyl/N-ethyl adjacent to an activating group) is 1. The molecule has 0 saturated heterocycles. The molecule has 2 rings (SSSR count). The molecular formula is C23H26F2N2O5. The van der Waals surface area contributed by atoms with Crippen LogP contribution in [0.3, 0.4) is 0 Å². The maximum absolute atomic E-state index is 12.3. The number of anilines is 1. The van der Waals surface area contributed by atoms with E-state index in [1.54, 1.807) is 45.0 Å². The molecule has 9 heteroatoms. The van der Waals surface area contributed by atoms with Crippen molar-refractivity contribution in [1.29, 1.82) is 0 Å². The molecule has 0 aliphatic heterocycles. The van der Waals surface area contributed by atoms with Gasteiger partial charge in [-0.15, -0.1) is 0 Å². The molecule has 0 saturated carbocycles. The van der Waals surface area contributed by atoms with Crippen molar-refractivity contribution in [3.8, 4) is 5.75 Å². The number of esters is 1. The first kappa shape index (κ1) is 24.8. The number of nitrogens with one attached hydrogen (secondary N) is 1. The van der Waals surface area contributed by atoms with Crippen LogP contribution in [0.4, 0.5) is 14.5 Å². The second kappa shape index (κ2) is 10.7. The van der Waals surface area contributed by atoms with Gasteiger partial charge in [-0.05, 0) is 35.9 Å². The standard InChI is InChI=1S/C23H26F2N2O5/c1-23(2,3)21(30)26-17-7-5-6-16(12-17)20(29)31-14-19(28)27(4)13-15-8-10-18(11-9-15)32-22(24)25/h5-12,22H,13-14H2,1-4H3,(H,26,30). The lowest BCUT2D eigenvalue weighted by atomic mass is 9.95. The van der Waals surface area contributed by atoms with E-state index in [9.17, 15) is 23.2 Å². The van der Waals surface area contributed by atoms with Gasteiger partial charge in [0.15, 0.2) is 6.61 Å². The highest BCUT2D eigenvalue weighted by Crippen LogP contribution is 2.19. The maximum atomic E-state index is 12.3. The molecule has 0 aliphatic carbocycles. The number of carbonyl (C=O) groups excluding carboxylic acids is 3. The molecule has 7 nitrogen and oxygen atoms in total. The zero-order valence-corrected chi connectivity index (χ0v) is 18.4. The van der Waals surface area contributed by atoms with Crippen LogP contribution in [0.2, 0.25) is 0 Å². The van der Waals surface area contributed by atoms with E-state index in [0.717, 1.165) is 0 Å². The van der Waals surface area contributed by atoms with Crippen LogP contribution in [0.5, 0.6) is 5.75 Å². The summed E-state index contributed by atoms with van der Waals surface area (Å²) in [6, 6.07) is 12.1. The van der Waals surface area contributed by atoms with Gasteiger partial charge in [0, 0.05) is 24.7 Å². The van der Waals surface area contributed by atoms with Gasteiger partial charge >= 0.3 is 12.6 Å². The molecular weight excluding hydrogens is 422 g/mol. The number of carbonyl (C=O) groups is 3. The Kier molecular flexibility index (Phi) is 8.28. The molecule has 0 atom stereocenters. The van der Waals surface area contributed by atoms with Crippen LogP contribution in [0, 0.1) is 5.41 Å². The minimum atomic E-state index is -2.91. The average molecular weight is 448 g/mol. The quantitative estimate of drug-likeness (QED) is 0.615. The van der Waals surface area contributed by atoms with Gasteiger partial charge < -0.3 is 19.7 Å². The van der Waals surface area contributed by atoms with Crippen LogP contribution >= 0.6 is 0 Å². The number of amides is 2. The normalized spacial score (nSPS) is 11.1. The summed E-state index contributed by atoms with van der Waals surface area (Å²) in [6.07, 6.45) is 0. The van der Waals surface area contributed by atoms with E-state index in [0.29, 0.717) is 11.3 Å². The van der Waals surface area contributed by atoms with E-state index in [1.807, 2.05) is 0 Å². The number of hydrogen-bond acceptors (Lipinski definition) is 5. The predicted molar refractivity (Wildman–Crippen MR) is 114 cm³/mol. The van der Waals surface area contributed by atoms with Gasteiger partial charge in [-0.3, -0.25) is 9.59 Å². The van der Waals surface area contributed by atoms with E-state index in [4.69, 9.17) is 4.74 Å². The number of alkyl halides is 2. The molecule has 0 fully saturated rings. The van der Waals surface area contributed by atoms with Crippen molar-refractivity contribution in [2.45, 2.75) is 33.9 Å². The van der Waals surface area contributed by atoms with Gasteiger partial charge in [0.2, 0.25) is 5.91 Å². The van der Waals surface area contributed by atoms with E-state index >= 15 is 0 Å². The van der Waals surface area contributed by atoms with Crippen molar-refractivity contribution < 1.29 is 32.6 Å². The van der Waals surface area contributed by atoms with Crippen molar-refractivity contribution in [3.05, 3.63) is 59.7 Å². The predicted octanol–water partition coefficient (Wildman–Crippen LogP) is 4.09. The third-order valence-corrected chi connectivity index (χ3v) is 4.36. The minimum absolute atomic E-state index is 0.0209. The second-order valence-corrected chi connectivity index (χ2v) is 8.13. The molecule has 0 aromatic heterocycles. The smallest absolute Gasteiger partial charge is 0.387 e. The summed E-state index contributed by atoms with van der Waals surface area (Å²) in [5.74, 6) is -1.32. The van der Waals surface area contributed by atoms with Crippen molar-refractivity contribution in [2.75, 3.05) is 19.0 Å². The van der Waals surface area contributed by atoms with Gasteiger partial charge in [-0.2, -0.15) is 8.78 Å². The molecule has 1 N–H and O–H groups in total. The highest BCUT2D eigenvalue weighted by Gasteiger charge is 2.21. The molecule has 0 bridgehead atoms. The van der Waals surface area contributed by atoms with Crippen LogP contribution < -0.4 is 10.1 Å². The number of halogens is 2. The molecule has 0 heterocycles. The molecule has 172 valence electrons. The van der Waals surface area contributed by atoms with Crippen LogP contribution in [-0.4, -0.2) is 42.9 Å². The van der Waals surface area contributed by atoms with E-state index in [2.05, 4.69) is 10.1 Å². The Morgan fingerprint density at radius 3 is 2.31 bits per heavy atom. The Morgan fingerprint density at radius 2 is 1.72 bits per heavy atom. The zero-order chi connectivity index (χ0) is 23.9. The highest BCUT2D eigenvalue weighted by molar-refractivity contribution is 5.97. The summed E-state index contributed by atoms with van der Waals surface area (Å²) < 4.78 is 33.8. The summed E-state index contributed by atoms with van der Waals surface area (Å²) in [4.78, 5) is 38.0. The Labute approximate surface area is 185 Å². The summed E-state index contributed by atoms with van der Waals surface area (Å²) in [7, 11) is 1.53. The summed E-state index contributed by atoms with van der Waals surface area (Å²) >= 11 is 0. The third-order valence-electron chi connectivity index (χ3n) is 4.36. The Balaban J connectivity index is 1.88. The fraction of sp³-hybridized carbons (Fsp3) is 0.348. The zero-order valence-electron chi connectivity index (χ0n) is 18.4. The minimum Gasteiger partial charge on any atom is -0.452 e. The van der Waals surface area contributed by atoms with Gasteiger partial charge in [0.05, 0.1) is 5.56 Å². The molecule has 2 aromatic carbocycles. The Morgan fingerprint density at radius 1 is 1.06 bits per heavy atom. The fourth-order valence-corrected chi connectivity index (χ4v) is 2.50. The molecule has 2 amide bonds. The number of nitrogens with zero attached hydrogens (tertiary/aromatic N) is 1. The number of benzene rings is 2. The second-order valence-electron chi connectivity index (χ2n) is 8.13. The van der Waals surface area contributed by atoms with E-state index in [1.165, 1.54) is 36.2 Å². The summed E-state index contributed by atoms with van der Waals surface area (Å²) in [5, 5.41) is 2.73. The van der Waals surface area contributed by atoms with Crippen LogP contribution in [-0.2, 0) is 20.9 Å². The van der Waals surface area contributed by atoms with E-state index < -0.39 is 30.5 Å². The number of hydrogen-bond donors (Lipinski definition) is 1. The van der Waals surface area contributed by atoms with E-state index in [-0.39, 0.29) is 23.8 Å². The Bertz CT molecular complexity index is 956. The van der Waals surface area contributed by atoms with Crippen LogP contribution in [0.25, 0.3) is 0 Å². The van der Waals surface area contributed by atoms with Gasteiger partial charge in [-0.25, -0.2) is 4.79 Å². The topological polar surface area (TPSA) is 84.9 Å². The third kappa shape index (κ3) is 7.64. The lowest BCUT2D eigenvalue weighted by molar-refractivity contribution is -0.133. The van der Waals surface area contributed by atoms with Crippen molar-refractivity contribution in [2.24, 2.45) is 5.41 Å². The average Bonchev–Trinajstić information content (AvgIpc) is 2.72. The largest absolute Gasteiger partial charge is 0.452 e. The molecule has 0 spiro atoms. The first-order valence-corrected chi connectivity index (χ1v) is 9.82. The van der Waals surface area contributed by atoms with Gasteiger partial charge in [0.1, 0.15) is 5.75 Å². The lowest BCUT2D eigenvalue weighted by Gasteiger charge is -2.18. The first-order valence-electron chi connectivity index (χ1n) is 9.82. The molecule has 0 radical (unpaired) electrons. The number of rotatable bonds is 8. The van der Waals surface area contributed by atoms with Gasteiger partial charge in [0.25, 0.3) is 5.91 Å². The number of ether oxygens (including phenoxy) is 2. The summed E-state index contributed by atoms with van der Waals surface area (Å²) in [6.45, 7) is 2.13. The molecule has 0 aliphatic rings. The lowest BCUT2D eigenvalue weighted by Crippen LogP contribution is -2.30. The molecule has 0 unspecified atom stereocenters. The van der Waals surface area contributed by atoms with Crippen LogP contribution in [0.15, 0.2) is 48.5 Å². The highest BCUT2D eigenvalue weighted by atomic mass is 19.3. The first-order chi connectivity index (χ1) is 15.0. The maximum Gasteiger partial charge on any atom is 0.387 e. The summed E-state index contributed by atoms with van der Waals surface area (Å²) in [5.41, 5.74) is 0.740. The molecule has 2 aromatic rings. The SMILES string of the molecule is CN(Cc1ccc(OC(F)F)cc1)C(=O)COC(=O)c1cccc(NC(=O)C(C)(C)C)c1. The van der Waals surface area contributed by atoms with Gasteiger partial charge in [-0.1, -0.05) is 39.0 Å². The van der Waals surface area contributed by atoms with Crippen molar-refractivity contribution in [1.82, 2.24) is 4.90 Å². The Hall–Kier alpha value is -3.49. The van der Waals surface area contributed by atoms with Crippen molar-refractivity contribution >= 4 is 23.5 Å².